The molecule has 0 spiro atoms. The highest BCUT2D eigenvalue weighted by atomic mass is 16.2. The van der Waals surface area contributed by atoms with Crippen LogP contribution in [-0.2, 0) is 4.79 Å². The van der Waals surface area contributed by atoms with Crippen molar-refractivity contribution in [1.82, 2.24) is 15.6 Å². The number of nitrogens with zero attached hydrogens (tertiary/aromatic N) is 1. The van der Waals surface area contributed by atoms with Crippen LogP contribution in [0.25, 0.3) is 6.08 Å². The van der Waals surface area contributed by atoms with Gasteiger partial charge in [0, 0.05) is 18.0 Å². The highest BCUT2D eigenvalue weighted by Crippen LogP contribution is 2.13. The molecule has 5 heteroatoms. The smallest absolute Gasteiger partial charge is 0.268 e. The molecular weight excluding hydrogens is 350 g/mol. The van der Waals surface area contributed by atoms with Crippen LogP contribution >= 0.6 is 0 Å². The van der Waals surface area contributed by atoms with E-state index in [1.54, 1.807) is 48.8 Å². The van der Waals surface area contributed by atoms with E-state index in [9.17, 15) is 9.59 Å². The van der Waals surface area contributed by atoms with E-state index in [-0.39, 0.29) is 23.6 Å². The molecule has 2 amide bonds. The van der Waals surface area contributed by atoms with Gasteiger partial charge in [0.2, 0.25) is 0 Å². The Bertz CT molecular complexity index is 955. The monoisotopic (exact) mass is 371 g/mol. The summed E-state index contributed by atoms with van der Waals surface area (Å²) >= 11 is 0. The van der Waals surface area contributed by atoms with Gasteiger partial charge in [0.1, 0.15) is 5.70 Å². The lowest BCUT2D eigenvalue weighted by atomic mass is 10.1. The standard InChI is InChI=1S/C23H21N3O2/c1-17(19-10-4-2-5-11-19)25-23(28)21(15-18-9-8-14-24-16-18)26-22(27)20-12-6-3-7-13-20/h2-17H,1H3,(H,25,28)(H,26,27)/b21-15+/t17-/m0/s1. The molecule has 0 bridgehead atoms. The summed E-state index contributed by atoms with van der Waals surface area (Å²) < 4.78 is 0. The van der Waals surface area contributed by atoms with Gasteiger partial charge in [0.05, 0.1) is 6.04 Å². The fourth-order valence-electron chi connectivity index (χ4n) is 2.67. The van der Waals surface area contributed by atoms with Gasteiger partial charge < -0.3 is 10.6 Å². The van der Waals surface area contributed by atoms with Gasteiger partial charge in [-0.15, -0.1) is 0 Å². The van der Waals surface area contributed by atoms with E-state index in [0.29, 0.717) is 11.1 Å². The molecule has 1 heterocycles. The second-order valence-corrected chi connectivity index (χ2v) is 6.27. The van der Waals surface area contributed by atoms with Crippen molar-refractivity contribution >= 4 is 17.9 Å². The van der Waals surface area contributed by atoms with Crippen molar-refractivity contribution in [2.45, 2.75) is 13.0 Å². The molecule has 0 aliphatic heterocycles. The van der Waals surface area contributed by atoms with E-state index < -0.39 is 0 Å². The highest BCUT2D eigenvalue weighted by molar-refractivity contribution is 6.05. The minimum Gasteiger partial charge on any atom is -0.344 e. The van der Waals surface area contributed by atoms with Gasteiger partial charge in [-0.25, -0.2) is 0 Å². The summed E-state index contributed by atoms with van der Waals surface area (Å²) in [5, 5.41) is 5.65. The van der Waals surface area contributed by atoms with E-state index >= 15 is 0 Å². The van der Waals surface area contributed by atoms with Crippen molar-refractivity contribution in [3.8, 4) is 0 Å². The molecule has 5 nitrogen and oxygen atoms in total. The van der Waals surface area contributed by atoms with Gasteiger partial charge in [-0.1, -0.05) is 54.6 Å². The Balaban J connectivity index is 1.82. The molecular formula is C23H21N3O2. The average molecular weight is 371 g/mol. The second kappa shape index (κ2) is 9.28. The Labute approximate surface area is 164 Å². The SMILES string of the molecule is C[C@H](NC(=O)/C(=C\c1cccnc1)NC(=O)c1ccccc1)c1ccccc1. The third-order valence-electron chi connectivity index (χ3n) is 4.17. The average Bonchev–Trinajstić information content (AvgIpc) is 2.75. The largest absolute Gasteiger partial charge is 0.344 e. The van der Waals surface area contributed by atoms with E-state index in [2.05, 4.69) is 15.6 Å². The highest BCUT2D eigenvalue weighted by Gasteiger charge is 2.17. The van der Waals surface area contributed by atoms with Crippen LogP contribution in [0.1, 0.15) is 34.5 Å². The first-order chi connectivity index (χ1) is 13.6. The first-order valence-corrected chi connectivity index (χ1v) is 8.97. The Hall–Kier alpha value is -3.73. The molecule has 0 fully saturated rings. The van der Waals surface area contributed by atoms with E-state index in [1.165, 1.54) is 0 Å². The van der Waals surface area contributed by atoms with Crippen LogP contribution in [0, 0.1) is 0 Å². The Morgan fingerprint density at radius 1 is 0.929 bits per heavy atom. The van der Waals surface area contributed by atoms with E-state index in [1.807, 2.05) is 49.4 Å². The number of carbonyl (C=O) groups excluding carboxylic acids is 2. The lowest BCUT2D eigenvalue weighted by Crippen LogP contribution is -2.36. The lowest BCUT2D eigenvalue weighted by Gasteiger charge is -2.16. The molecule has 0 saturated heterocycles. The molecule has 1 atom stereocenters. The predicted molar refractivity (Wildman–Crippen MR) is 109 cm³/mol. The Morgan fingerprint density at radius 3 is 2.25 bits per heavy atom. The third kappa shape index (κ3) is 5.14. The number of aromatic nitrogens is 1. The number of rotatable bonds is 6. The van der Waals surface area contributed by atoms with Gasteiger partial charge in [0.15, 0.2) is 0 Å². The summed E-state index contributed by atoms with van der Waals surface area (Å²) in [6.45, 7) is 1.90. The zero-order chi connectivity index (χ0) is 19.8. The van der Waals surface area contributed by atoms with Crippen LogP contribution in [0.5, 0.6) is 0 Å². The zero-order valence-corrected chi connectivity index (χ0v) is 15.5. The predicted octanol–water partition coefficient (Wildman–Crippen LogP) is 3.73. The van der Waals surface area contributed by atoms with Crippen molar-refractivity contribution in [2.24, 2.45) is 0 Å². The first kappa shape index (κ1) is 19.0. The molecule has 140 valence electrons. The van der Waals surface area contributed by atoms with Crippen LogP contribution in [0.3, 0.4) is 0 Å². The zero-order valence-electron chi connectivity index (χ0n) is 15.5. The minimum absolute atomic E-state index is 0.157. The molecule has 0 aliphatic carbocycles. The van der Waals surface area contributed by atoms with Crippen molar-refractivity contribution in [2.75, 3.05) is 0 Å². The maximum absolute atomic E-state index is 12.9. The molecule has 28 heavy (non-hydrogen) atoms. The number of hydrogen-bond donors (Lipinski definition) is 2. The molecule has 3 rings (SSSR count). The molecule has 0 aliphatic rings. The first-order valence-electron chi connectivity index (χ1n) is 8.97. The van der Waals surface area contributed by atoms with Gasteiger partial charge in [0.25, 0.3) is 11.8 Å². The fraction of sp³-hybridized carbons (Fsp3) is 0.0870. The van der Waals surface area contributed by atoms with Gasteiger partial charge >= 0.3 is 0 Å². The van der Waals surface area contributed by atoms with Crippen LogP contribution in [0.2, 0.25) is 0 Å². The normalized spacial score (nSPS) is 12.1. The second-order valence-electron chi connectivity index (χ2n) is 6.27. The summed E-state index contributed by atoms with van der Waals surface area (Å²) in [5.74, 6) is -0.720. The Morgan fingerprint density at radius 2 is 1.61 bits per heavy atom. The lowest BCUT2D eigenvalue weighted by molar-refractivity contribution is -0.118. The summed E-state index contributed by atoms with van der Waals surface area (Å²) in [5.41, 5.74) is 2.33. The van der Waals surface area contributed by atoms with Crippen LogP contribution in [0.15, 0.2) is 90.9 Å². The van der Waals surface area contributed by atoms with Crippen LogP contribution in [0.4, 0.5) is 0 Å². The van der Waals surface area contributed by atoms with Crippen molar-refractivity contribution in [1.29, 1.82) is 0 Å². The quantitative estimate of drug-likeness (QED) is 0.649. The van der Waals surface area contributed by atoms with Gasteiger partial charge in [-0.2, -0.15) is 0 Å². The van der Waals surface area contributed by atoms with Crippen molar-refractivity contribution in [3.05, 3.63) is 108 Å². The molecule has 0 radical (unpaired) electrons. The number of carbonyl (C=O) groups is 2. The fourth-order valence-corrected chi connectivity index (χ4v) is 2.67. The summed E-state index contributed by atoms with van der Waals surface area (Å²) in [6.07, 6.45) is 4.89. The van der Waals surface area contributed by atoms with Crippen molar-refractivity contribution in [3.63, 3.8) is 0 Å². The third-order valence-corrected chi connectivity index (χ3v) is 4.17. The maximum atomic E-state index is 12.9. The summed E-state index contributed by atoms with van der Waals surface area (Å²) in [6, 6.07) is 21.8. The molecule has 3 aromatic rings. The number of hydrogen-bond acceptors (Lipinski definition) is 3. The molecule has 2 N–H and O–H groups in total. The summed E-state index contributed by atoms with van der Waals surface area (Å²) in [7, 11) is 0. The van der Waals surface area contributed by atoms with E-state index in [0.717, 1.165) is 5.56 Å². The molecule has 1 aromatic heterocycles. The van der Waals surface area contributed by atoms with Gasteiger partial charge in [-0.05, 0) is 42.3 Å². The number of nitrogens with one attached hydrogen (secondary N) is 2. The molecule has 2 aromatic carbocycles. The maximum Gasteiger partial charge on any atom is 0.268 e. The van der Waals surface area contributed by atoms with Crippen LogP contribution < -0.4 is 10.6 Å². The number of benzene rings is 2. The topological polar surface area (TPSA) is 71.1 Å². The van der Waals surface area contributed by atoms with Crippen molar-refractivity contribution < 1.29 is 9.59 Å². The van der Waals surface area contributed by atoms with Gasteiger partial charge in [-0.3, -0.25) is 14.6 Å². The summed E-state index contributed by atoms with van der Waals surface area (Å²) in [4.78, 5) is 29.5. The minimum atomic E-state index is -0.371. The number of pyridine rings is 1. The van der Waals surface area contributed by atoms with Crippen LogP contribution in [-0.4, -0.2) is 16.8 Å². The number of amides is 2. The molecule has 0 unspecified atom stereocenters. The Kier molecular flexibility index (Phi) is 6.31. The van der Waals surface area contributed by atoms with E-state index in [4.69, 9.17) is 0 Å². The molecule has 0 saturated carbocycles.